The summed E-state index contributed by atoms with van der Waals surface area (Å²) in [5.74, 6) is 0.150. The number of hydrogen-bond acceptors (Lipinski definition) is 5. The van der Waals surface area contributed by atoms with Gasteiger partial charge >= 0.3 is 0 Å². The topological polar surface area (TPSA) is 58.6 Å². The van der Waals surface area contributed by atoms with Gasteiger partial charge in [-0.05, 0) is 36.2 Å². The molecule has 0 spiro atoms. The molecule has 2 saturated heterocycles. The number of amides is 1. The lowest BCUT2D eigenvalue weighted by Gasteiger charge is -2.47. The standard InChI is InChI=1S/C20H24N4O2/c25-20(13-17-3-1-2-7-22-17)24-10-6-19-18(15-24)23(11-12-26-19)14-16-4-8-21-9-5-16/h1-5,7-9,18-19H,6,10-15H2/t18-,19-/m1/s1. The van der Waals surface area contributed by atoms with Gasteiger partial charge in [0.05, 0.1) is 25.2 Å². The molecule has 0 aromatic carbocycles. The molecule has 6 nitrogen and oxygen atoms in total. The molecule has 2 fully saturated rings. The van der Waals surface area contributed by atoms with Gasteiger partial charge in [-0.3, -0.25) is 19.7 Å². The summed E-state index contributed by atoms with van der Waals surface area (Å²) in [6.45, 7) is 4.01. The first-order chi connectivity index (χ1) is 12.8. The largest absolute Gasteiger partial charge is 0.375 e. The fraction of sp³-hybridized carbons (Fsp3) is 0.450. The van der Waals surface area contributed by atoms with Crippen molar-refractivity contribution in [2.45, 2.75) is 31.5 Å². The van der Waals surface area contributed by atoms with Crippen molar-refractivity contribution in [3.05, 3.63) is 60.2 Å². The maximum atomic E-state index is 12.7. The SMILES string of the molecule is O=C(Cc1ccccn1)N1CC[C@H]2OCCN(Cc3ccncc3)[C@@H]2C1. The van der Waals surface area contributed by atoms with E-state index in [1.54, 1.807) is 6.20 Å². The Hall–Kier alpha value is -2.31. The second-order valence-corrected chi connectivity index (χ2v) is 6.93. The van der Waals surface area contributed by atoms with Crippen molar-refractivity contribution in [3.63, 3.8) is 0 Å². The van der Waals surface area contributed by atoms with E-state index in [0.717, 1.165) is 44.9 Å². The maximum absolute atomic E-state index is 12.7. The third-order valence-corrected chi connectivity index (χ3v) is 5.25. The highest BCUT2D eigenvalue weighted by molar-refractivity contribution is 5.78. The van der Waals surface area contributed by atoms with Crippen LogP contribution in [0.25, 0.3) is 0 Å². The third kappa shape index (κ3) is 3.92. The Labute approximate surface area is 153 Å². The van der Waals surface area contributed by atoms with Crippen molar-refractivity contribution in [2.24, 2.45) is 0 Å². The van der Waals surface area contributed by atoms with Gasteiger partial charge in [-0.2, -0.15) is 0 Å². The van der Waals surface area contributed by atoms with Crippen LogP contribution >= 0.6 is 0 Å². The van der Waals surface area contributed by atoms with Crippen molar-refractivity contribution in [3.8, 4) is 0 Å². The van der Waals surface area contributed by atoms with Gasteiger partial charge in [-0.15, -0.1) is 0 Å². The summed E-state index contributed by atoms with van der Waals surface area (Å²) in [5.41, 5.74) is 2.07. The number of fused-ring (bicyclic) bond motifs is 1. The van der Waals surface area contributed by atoms with E-state index in [1.165, 1.54) is 5.56 Å². The van der Waals surface area contributed by atoms with Gasteiger partial charge < -0.3 is 9.64 Å². The number of carbonyl (C=O) groups is 1. The molecule has 1 amide bonds. The molecule has 4 heterocycles. The first kappa shape index (κ1) is 17.1. The fourth-order valence-corrected chi connectivity index (χ4v) is 3.86. The number of nitrogens with zero attached hydrogens (tertiary/aromatic N) is 4. The molecular weight excluding hydrogens is 328 g/mol. The molecule has 26 heavy (non-hydrogen) atoms. The molecule has 0 radical (unpaired) electrons. The number of hydrogen-bond donors (Lipinski definition) is 0. The van der Waals surface area contributed by atoms with Gasteiger partial charge in [-0.25, -0.2) is 0 Å². The highest BCUT2D eigenvalue weighted by Gasteiger charge is 2.38. The smallest absolute Gasteiger partial charge is 0.228 e. The Morgan fingerprint density at radius 1 is 1.15 bits per heavy atom. The summed E-state index contributed by atoms with van der Waals surface area (Å²) in [4.78, 5) is 25.5. The van der Waals surface area contributed by atoms with Crippen molar-refractivity contribution >= 4 is 5.91 Å². The van der Waals surface area contributed by atoms with Crippen LogP contribution in [0.1, 0.15) is 17.7 Å². The average molecular weight is 352 g/mol. The van der Waals surface area contributed by atoms with Crippen LogP contribution in [0.5, 0.6) is 0 Å². The first-order valence-corrected chi connectivity index (χ1v) is 9.22. The Morgan fingerprint density at radius 3 is 2.85 bits per heavy atom. The Kier molecular flexibility index (Phi) is 5.22. The molecule has 2 aromatic rings. The molecule has 2 aromatic heterocycles. The molecule has 0 saturated carbocycles. The minimum atomic E-state index is 0.150. The second-order valence-electron chi connectivity index (χ2n) is 6.93. The first-order valence-electron chi connectivity index (χ1n) is 9.22. The van der Waals surface area contributed by atoms with Crippen LogP contribution in [0.4, 0.5) is 0 Å². The average Bonchev–Trinajstić information content (AvgIpc) is 2.69. The van der Waals surface area contributed by atoms with E-state index in [4.69, 9.17) is 4.74 Å². The number of pyridine rings is 2. The summed E-state index contributed by atoms with van der Waals surface area (Å²) in [6.07, 6.45) is 6.87. The van der Waals surface area contributed by atoms with E-state index in [2.05, 4.69) is 27.0 Å². The van der Waals surface area contributed by atoms with Crippen molar-refractivity contribution in [1.82, 2.24) is 19.8 Å². The lowest BCUT2D eigenvalue weighted by Crippen LogP contribution is -2.60. The lowest BCUT2D eigenvalue weighted by atomic mass is 9.97. The van der Waals surface area contributed by atoms with Gasteiger partial charge in [-0.1, -0.05) is 6.07 Å². The zero-order chi connectivity index (χ0) is 17.8. The van der Waals surface area contributed by atoms with Gasteiger partial charge in [0.15, 0.2) is 0 Å². The molecular formula is C20H24N4O2. The number of likely N-dealkylation sites (tertiary alicyclic amines) is 1. The van der Waals surface area contributed by atoms with Crippen LogP contribution in [0.15, 0.2) is 48.9 Å². The molecule has 2 aliphatic rings. The summed E-state index contributed by atoms with van der Waals surface area (Å²) in [6, 6.07) is 10.1. The van der Waals surface area contributed by atoms with E-state index in [9.17, 15) is 4.79 Å². The molecule has 2 aliphatic heterocycles. The minimum absolute atomic E-state index is 0.150. The number of ether oxygens (including phenoxy) is 1. The molecule has 4 rings (SSSR count). The monoisotopic (exact) mass is 352 g/mol. The number of piperidine rings is 1. The highest BCUT2D eigenvalue weighted by atomic mass is 16.5. The van der Waals surface area contributed by atoms with Gasteiger partial charge in [0, 0.05) is 50.5 Å². The van der Waals surface area contributed by atoms with E-state index in [1.807, 2.05) is 35.5 Å². The zero-order valence-electron chi connectivity index (χ0n) is 14.8. The van der Waals surface area contributed by atoms with Crippen LogP contribution in [0, 0.1) is 0 Å². The lowest BCUT2D eigenvalue weighted by molar-refractivity contribution is -0.142. The van der Waals surface area contributed by atoms with E-state index < -0.39 is 0 Å². The summed E-state index contributed by atoms with van der Waals surface area (Å²) in [7, 11) is 0. The highest BCUT2D eigenvalue weighted by Crippen LogP contribution is 2.25. The molecule has 0 unspecified atom stereocenters. The Morgan fingerprint density at radius 2 is 2.04 bits per heavy atom. The van der Waals surface area contributed by atoms with Crippen LogP contribution in [0.2, 0.25) is 0 Å². The molecule has 0 N–H and O–H groups in total. The molecule has 6 heteroatoms. The number of aromatic nitrogens is 2. The summed E-state index contributed by atoms with van der Waals surface area (Å²) in [5, 5.41) is 0. The molecule has 0 aliphatic carbocycles. The van der Waals surface area contributed by atoms with Crippen LogP contribution in [-0.2, 0) is 22.5 Å². The van der Waals surface area contributed by atoms with Crippen LogP contribution < -0.4 is 0 Å². The predicted octanol–water partition coefficient (Wildman–Crippen LogP) is 1.52. The fourth-order valence-electron chi connectivity index (χ4n) is 3.86. The minimum Gasteiger partial charge on any atom is -0.375 e. The van der Waals surface area contributed by atoms with Crippen LogP contribution in [-0.4, -0.2) is 64.1 Å². The summed E-state index contributed by atoms with van der Waals surface area (Å²) >= 11 is 0. The Balaban J connectivity index is 1.42. The van der Waals surface area contributed by atoms with E-state index >= 15 is 0 Å². The van der Waals surface area contributed by atoms with Crippen molar-refractivity contribution < 1.29 is 9.53 Å². The molecule has 136 valence electrons. The van der Waals surface area contributed by atoms with E-state index in [0.29, 0.717) is 6.42 Å². The van der Waals surface area contributed by atoms with Crippen molar-refractivity contribution in [1.29, 1.82) is 0 Å². The molecule has 0 bridgehead atoms. The van der Waals surface area contributed by atoms with E-state index in [-0.39, 0.29) is 18.1 Å². The second kappa shape index (κ2) is 7.93. The third-order valence-electron chi connectivity index (χ3n) is 5.25. The van der Waals surface area contributed by atoms with Gasteiger partial charge in [0.25, 0.3) is 0 Å². The van der Waals surface area contributed by atoms with Gasteiger partial charge in [0.2, 0.25) is 5.91 Å². The quantitative estimate of drug-likeness (QED) is 0.835. The number of rotatable bonds is 4. The zero-order valence-corrected chi connectivity index (χ0v) is 14.8. The predicted molar refractivity (Wildman–Crippen MR) is 97.3 cm³/mol. The van der Waals surface area contributed by atoms with Crippen LogP contribution in [0.3, 0.4) is 0 Å². The summed E-state index contributed by atoms with van der Waals surface area (Å²) < 4.78 is 5.99. The Bertz CT molecular complexity index is 725. The van der Waals surface area contributed by atoms with Gasteiger partial charge in [0.1, 0.15) is 0 Å². The normalized spacial score (nSPS) is 23.5. The maximum Gasteiger partial charge on any atom is 0.228 e. The number of carbonyl (C=O) groups excluding carboxylic acids is 1. The number of morpholine rings is 1. The van der Waals surface area contributed by atoms with Crippen molar-refractivity contribution in [2.75, 3.05) is 26.2 Å². The molecule has 2 atom stereocenters.